The van der Waals surface area contributed by atoms with Gasteiger partial charge < -0.3 is 14.4 Å². The summed E-state index contributed by atoms with van der Waals surface area (Å²) in [5.41, 5.74) is -1.96. The molecular formula is C24H28F3N5O5S2. The number of carbonyl (C=O) groups is 1. The molecule has 1 saturated heterocycles. The Labute approximate surface area is 227 Å². The zero-order valence-electron chi connectivity index (χ0n) is 21.9. The van der Waals surface area contributed by atoms with Gasteiger partial charge in [0.25, 0.3) is 17.7 Å². The predicted octanol–water partition coefficient (Wildman–Crippen LogP) is 4.09. The molecule has 1 aromatic carbocycles. The lowest BCUT2D eigenvalue weighted by atomic mass is 10.0. The lowest BCUT2D eigenvalue weighted by molar-refractivity contribution is -0.0494. The number of nitrogens with zero attached hydrogens (tertiary/aromatic N) is 4. The van der Waals surface area contributed by atoms with Crippen molar-refractivity contribution < 1.29 is 35.9 Å². The van der Waals surface area contributed by atoms with Crippen LogP contribution in [0.3, 0.4) is 0 Å². The van der Waals surface area contributed by atoms with Crippen molar-refractivity contribution in [3.8, 4) is 21.3 Å². The van der Waals surface area contributed by atoms with E-state index < -0.39 is 52.2 Å². The van der Waals surface area contributed by atoms with Gasteiger partial charge >= 0.3 is 0 Å². The molecule has 1 aliphatic heterocycles. The highest BCUT2D eigenvalue weighted by atomic mass is 32.2. The van der Waals surface area contributed by atoms with Crippen molar-refractivity contribution in [1.82, 2.24) is 24.8 Å². The zero-order chi connectivity index (χ0) is 28.9. The Kier molecular flexibility index (Phi) is 7.66. The zero-order valence-corrected chi connectivity index (χ0v) is 23.5. The van der Waals surface area contributed by atoms with Crippen LogP contribution in [0.4, 0.5) is 13.2 Å². The van der Waals surface area contributed by atoms with E-state index in [1.165, 1.54) is 37.8 Å². The number of nitrogens with one attached hydrogen (secondary N) is 1. The number of aliphatic hydroxyl groups is 1. The molecule has 3 heterocycles. The summed E-state index contributed by atoms with van der Waals surface area (Å²) in [6, 6.07) is 2.03. The molecule has 4 rings (SSSR count). The number of hydrogen-bond acceptors (Lipinski definition) is 9. The van der Waals surface area contributed by atoms with Crippen molar-refractivity contribution in [2.45, 2.75) is 69.9 Å². The van der Waals surface area contributed by atoms with Crippen LogP contribution in [-0.4, -0.2) is 64.6 Å². The van der Waals surface area contributed by atoms with Crippen molar-refractivity contribution in [2.24, 2.45) is 0 Å². The van der Waals surface area contributed by atoms with E-state index in [1.807, 2.05) is 0 Å². The first-order valence-electron chi connectivity index (χ1n) is 12.1. The van der Waals surface area contributed by atoms with Gasteiger partial charge in [-0.15, -0.1) is 21.5 Å². The van der Waals surface area contributed by atoms with Crippen LogP contribution < -0.4 is 4.72 Å². The number of rotatable bonds is 7. The van der Waals surface area contributed by atoms with Gasteiger partial charge in [0.05, 0.1) is 9.77 Å². The van der Waals surface area contributed by atoms with Crippen LogP contribution in [0.25, 0.3) is 21.3 Å². The third-order valence-corrected chi connectivity index (χ3v) is 8.88. The van der Waals surface area contributed by atoms with E-state index in [9.17, 15) is 27.1 Å². The van der Waals surface area contributed by atoms with E-state index in [0.29, 0.717) is 0 Å². The SMILES string of the molecule is Cc1c(S(=O)(=O)NC(C)C)ccc(-c2sc(-c3nnc(C(C)(C)O)o3)nc2C(=O)N2CCC(F)(F)CC2)c1F. The Morgan fingerprint density at radius 3 is 2.44 bits per heavy atom. The van der Waals surface area contributed by atoms with Crippen molar-refractivity contribution in [3.05, 3.63) is 35.1 Å². The average Bonchev–Trinajstić information content (AvgIpc) is 3.47. The predicted molar refractivity (Wildman–Crippen MR) is 136 cm³/mol. The fraction of sp³-hybridized carbons (Fsp3) is 0.500. The average molecular weight is 588 g/mol. The Morgan fingerprint density at radius 1 is 1.23 bits per heavy atom. The third-order valence-electron chi connectivity index (χ3n) is 6.00. The van der Waals surface area contributed by atoms with Crippen molar-refractivity contribution in [3.63, 3.8) is 0 Å². The molecule has 0 atom stereocenters. The van der Waals surface area contributed by atoms with Crippen LogP contribution in [0, 0.1) is 12.7 Å². The summed E-state index contributed by atoms with van der Waals surface area (Å²) in [5.74, 6) is -4.73. The van der Waals surface area contributed by atoms with Crippen molar-refractivity contribution >= 4 is 27.3 Å². The fourth-order valence-electron chi connectivity index (χ4n) is 3.99. The van der Waals surface area contributed by atoms with Gasteiger partial charge in [-0.3, -0.25) is 4.79 Å². The van der Waals surface area contributed by atoms with Crippen molar-refractivity contribution in [1.29, 1.82) is 0 Å². The van der Waals surface area contributed by atoms with Gasteiger partial charge in [0.15, 0.2) is 5.01 Å². The van der Waals surface area contributed by atoms with E-state index in [-0.39, 0.29) is 56.5 Å². The lowest BCUT2D eigenvalue weighted by Gasteiger charge is -2.31. The van der Waals surface area contributed by atoms with Gasteiger partial charge in [-0.1, -0.05) is 0 Å². The second-order valence-electron chi connectivity index (χ2n) is 10.1. The number of benzene rings is 1. The van der Waals surface area contributed by atoms with E-state index in [1.54, 1.807) is 13.8 Å². The number of amides is 1. The number of likely N-dealkylation sites (tertiary alicyclic amines) is 1. The summed E-state index contributed by atoms with van der Waals surface area (Å²) in [4.78, 5) is 18.7. The molecule has 15 heteroatoms. The van der Waals surface area contributed by atoms with E-state index in [2.05, 4.69) is 19.9 Å². The van der Waals surface area contributed by atoms with Crippen LogP contribution in [0.15, 0.2) is 21.4 Å². The molecule has 212 valence electrons. The maximum Gasteiger partial charge on any atom is 0.276 e. The fourth-order valence-corrected chi connectivity index (χ4v) is 6.48. The van der Waals surface area contributed by atoms with Crippen LogP contribution >= 0.6 is 11.3 Å². The van der Waals surface area contributed by atoms with Crippen LogP contribution in [0.5, 0.6) is 0 Å². The number of halogens is 3. The minimum absolute atomic E-state index is 0.0360. The van der Waals surface area contributed by atoms with Gasteiger partial charge in [0, 0.05) is 43.1 Å². The minimum Gasteiger partial charge on any atom is -0.415 e. The standard InChI is InChI=1S/C24H28F3N5O5S2/c1-12(2)31-39(35,36)15-7-6-14(16(25)13(15)3)18-17(21(33)32-10-8-24(26,27)9-11-32)28-20(38-18)19-29-30-22(37-19)23(4,5)34/h6-7,12,31,34H,8-11H2,1-5H3. The first-order chi connectivity index (χ1) is 18.0. The number of alkyl halides is 2. The molecule has 0 bridgehead atoms. The summed E-state index contributed by atoms with van der Waals surface area (Å²) in [6.07, 6.45) is -1.04. The molecule has 0 unspecified atom stereocenters. The quantitative estimate of drug-likeness (QED) is 0.422. The second-order valence-corrected chi connectivity index (χ2v) is 12.8. The third kappa shape index (κ3) is 6.00. The van der Waals surface area contributed by atoms with Crippen LogP contribution in [-0.2, 0) is 15.6 Å². The Balaban J connectivity index is 1.82. The number of thiazole rings is 1. The Hall–Kier alpha value is -2.88. The molecule has 3 aromatic rings. The monoisotopic (exact) mass is 587 g/mol. The Morgan fingerprint density at radius 2 is 1.87 bits per heavy atom. The molecule has 39 heavy (non-hydrogen) atoms. The number of aromatic nitrogens is 3. The normalized spacial score (nSPS) is 16.2. The molecule has 0 aliphatic carbocycles. The molecule has 0 saturated carbocycles. The first kappa shape index (κ1) is 29.1. The smallest absolute Gasteiger partial charge is 0.276 e. The highest BCUT2D eigenvalue weighted by Crippen LogP contribution is 2.40. The molecule has 0 radical (unpaired) electrons. The lowest BCUT2D eigenvalue weighted by Crippen LogP contribution is -2.43. The summed E-state index contributed by atoms with van der Waals surface area (Å²) in [7, 11) is -4.02. The number of hydrogen-bond donors (Lipinski definition) is 2. The van der Waals surface area contributed by atoms with E-state index in [4.69, 9.17) is 4.42 Å². The summed E-state index contributed by atoms with van der Waals surface area (Å²) >= 11 is 0.839. The number of carbonyl (C=O) groups excluding carboxylic acids is 1. The van der Waals surface area contributed by atoms with Gasteiger partial charge in [0.1, 0.15) is 17.1 Å². The van der Waals surface area contributed by atoms with Crippen LogP contribution in [0.1, 0.15) is 62.5 Å². The number of piperidine rings is 1. The first-order valence-corrected chi connectivity index (χ1v) is 14.4. The molecule has 1 aliphatic rings. The van der Waals surface area contributed by atoms with E-state index >= 15 is 4.39 Å². The molecule has 10 nitrogen and oxygen atoms in total. The highest BCUT2D eigenvalue weighted by Gasteiger charge is 2.38. The topological polar surface area (TPSA) is 139 Å². The maximum atomic E-state index is 15.8. The molecule has 0 spiro atoms. The highest BCUT2D eigenvalue weighted by molar-refractivity contribution is 7.89. The maximum absolute atomic E-state index is 15.8. The number of sulfonamides is 1. The minimum atomic E-state index is -4.02. The molecule has 2 aromatic heterocycles. The van der Waals surface area contributed by atoms with Gasteiger partial charge in [-0.05, 0) is 46.8 Å². The second kappa shape index (κ2) is 10.3. The largest absolute Gasteiger partial charge is 0.415 e. The summed E-state index contributed by atoms with van der Waals surface area (Å²) in [6.45, 7) is 6.98. The van der Waals surface area contributed by atoms with Gasteiger partial charge in [-0.25, -0.2) is 31.3 Å². The van der Waals surface area contributed by atoms with Gasteiger partial charge in [0.2, 0.25) is 15.9 Å². The van der Waals surface area contributed by atoms with E-state index in [0.717, 1.165) is 11.3 Å². The van der Waals surface area contributed by atoms with Crippen LogP contribution in [0.2, 0.25) is 0 Å². The summed E-state index contributed by atoms with van der Waals surface area (Å²) in [5, 5.41) is 17.9. The molecular weight excluding hydrogens is 559 g/mol. The van der Waals surface area contributed by atoms with Crippen molar-refractivity contribution in [2.75, 3.05) is 13.1 Å². The molecule has 1 fully saturated rings. The molecule has 1 amide bonds. The Bertz CT molecular complexity index is 1500. The van der Waals surface area contributed by atoms with Gasteiger partial charge in [-0.2, -0.15) is 0 Å². The summed E-state index contributed by atoms with van der Waals surface area (Å²) < 4.78 is 76.5. The molecule has 2 N–H and O–H groups in total.